The van der Waals surface area contributed by atoms with Crippen molar-refractivity contribution in [2.24, 2.45) is 0 Å². The molecule has 0 aliphatic carbocycles. The highest BCUT2D eigenvalue weighted by Gasteiger charge is 2.08. The fraction of sp³-hybridized carbons (Fsp3) is 0. The van der Waals surface area contributed by atoms with Crippen LogP contribution in [0.4, 0.5) is 5.69 Å². The third-order valence-electron chi connectivity index (χ3n) is 2.89. The van der Waals surface area contributed by atoms with Crippen LogP contribution in [-0.4, -0.2) is 15.8 Å². The lowest BCUT2D eigenvalue weighted by molar-refractivity contribution is -0.105. The summed E-state index contributed by atoms with van der Waals surface area (Å²) in [6, 6.07) is 10.5. The second-order valence-corrected chi connectivity index (χ2v) is 4.25. The van der Waals surface area contributed by atoms with Crippen LogP contribution >= 0.6 is 0 Å². The van der Waals surface area contributed by atoms with E-state index in [9.17, 15) is 4.79 Å². The topological polar surface area (TPSA) is 79.4 Å². The molecule has 0 aliphatic heterocycles. The molecule has 0 radical (unpaired) electrons. The maximum absolute atomic E-state index is 10.6. The second-order valence-electron chi connectivity index (χ2n) is 4.25. The Morgan fingerprint density at radius 3 is 2.86 bits per heavy atom. The van der Waals surface area contributed by atoms with Gasteiger partial charge in [-0.2, -0.15) is 5.26 Å². The van der Waals surface area contributed by atoms with Crippen LogP contribution in [0.1, 0.15) is 5.56 Å². The number of nitrogens with one attached hydrogen (secondary N) is 1. The van der Waals surface area contributed by atoms with Gasteiger partial charge in [-0.15, -0.1) is 0 Å². The van der Waals surface area contributed by atoms with E-state index in [-0.39, 0.29) is 0 Å². The number of hydrogen-bond donors (Lipinski definition) is 1. The van der Waals surface area contributed by atoms with Gasteiger partial charge in [-0.25, -0.2) is 4.98 Å². The largest absolute Gasteiger partial charge is 0.453 e. The minimum Gasteiger partial charge on any atom is -0.453 e. The van der Waals surface area contributed by atoms with E-state index >= 15 is 0 Å². The summed E-state index contributed by atoms with van der Waals surface area (Å²) in [5, 5.41) is 11.4. The number of anilines is 1. The Morgan fingerprint density at radius 1 is 1.33 bits per heavy atom. The number of imidazole rings is 1. The number of benzene rings is 1. The van der Waals surface area contributed by atoms with Gasteiger partial charge < -0.3 is 14.5 Å². The van der Waals surface area contributed by atoms with Gasteiger partial charge in [-0.05, 0) is 24.3 Å². The van der Waals surface area contributed by atoms with Crippen molar-refractivity contribution in [3.8, 4) is 17.6 Å². The Morgan fingerprint density at radius 2 is 2.14 bits per heavy atom. The first-order chi connectivity index (χ1) is 10.3. The number of amides is 1. The van der Waals surface area contributed by atoms with E-state index in [4.69, 9.17) is 10.00 Å². The monoisotopic (exact) mass is 278 g/mol. The molecule has 0 fully saturated rings. The summed E-state index contributed by atoms with van der Waals surface area (Å²) in [7, 11) is 0. The molecule has 102 valence electrons. The first-order valence-corrected chi connectivity index (χ1v) is 6.15. The van der Waals surface area contributed by atoms with Gasteiger partial charge in [0.1, 0.15) is 5.75 Å². The first-order valence-electron chi connectivity index (χ1n) is 6.15. The zero-order valence-electron chi connectivity index (χ0n) is 10.9. The van der Waals surface area contributed by atoms with Crippen LogP contribution in [0.15, 0.2) is 48.9 Å². The molecule has 0 bridgehead atoms. The molecule has 6 heteroatoms. The molecule has 0 aliphatic rings. The standard InChI is InChI=1S/C15H10N4O2/c16-8-11-1-3-13(4-2-11)21-14-7-12(18-10-20)9-19-6-5-17-15(14)19/h1-7,9-10H,(H,18,20). The SMILES string of the molecule is N#Cc1ccc(Oc2cc(NC=O)cn3ccnc23)cc1. The van der Waals surface area contributed by atoms with Gasteiger partial charge in [0.05, 0.1) is 17.3 Å². The maximum Gasteiger partial charge on any atom is 0.211 e. The molecule has 0 saturated carbocycles. The third-order valence-corrected chi connectivity index (χ3v) is 2.89. The third kappa shape index (κ3) is 2.53. The number of nitriles is 1. The molecule has 1 amide bonds. The van der Waals surface area contributed by atoms with Gasteiger partial charge >= 0.3 is 0 Å². The van der Waals surface area contributed by atoms with Crippen LogP contribution in [0.3, 0.4) is 0 Å². The number of nitrogens with zero attached hydrogens (tertiary/aromatic N) is 3. The molecule has 0 unspecified atom stereocenters. The van der Waals surface area contributed by atoms with Crippen molar-refractivity contribution in [1.29, 1.82) is 5.26 Å². The number of aromatic nitrogens is 2. The van der Waals surface area contributed by atoms with Crippen LogP contribution in [0.2, 0.25) is 0 Å². The van der Waals surface area contributed by atoms with E-state index in [2.05, 4.69) is 10.3 Å². The smallest absolute Gasteiger partial charge is 0.211 e. The van der Waals surface area contributed by atoms with E-state index in [0.29, 0.717) is 34.8 Å². The molecule has 1 N–H and O–H groups in total. The molecule has 0 atom stereocenters. The molecule has 6 nitrogen and oxygen atoms in total. The van der Waals surface area contributed by atoms with Crippen molar-refractivity contribution in [3.05, 3.63) is 54.5 Å². The zero-order valence-corrected chi connectivity index (χ0v) is 10.9. The minimum atomic E-state index is 0.511. The van der Waals surface area contributed by atoms with Gasteiger partial charge in [-0.3, -0.25) is 4.79 Å². The van der Waals surface area contributed by atoms with Crippen molar-refractivity contribution in [2.75, 3.05) is 5.32 Å². The van der Waals surface area contributed by atoms with Gasteiger partial charge in [-0.1, -0.05) is 0 Å². The highest BCUT2D eigenvalue weighted by atomic mass is 16.5. The predicted octanol–water partition coefficient (Wildman–Crippen LogP) is 2.57. The Bertz CT molecular complexity index is 831. The number of ether oxygens (including phenoxy) is 1. The summed E-state index contributed by atoms with van der Waals surface area (Å²) in [5.41, 5.74) is 1.79. The molecular formula is C15H10N4O2. The van der Waals surface area contributed by atoms with Crippen molar-refractivity contribution in [2.45, 2.75) is 0 Å². The molecule has 1 aromatic carbocycles. The molecule has 21 heavy (non-hydrogen) atoms. The van der Waals surface area contributed by atoms with Gasteiger partial charge in [0.2, 0.25) is 6.41 Å². The molecule has 2 aromatic heterocycles. The summed E-state index contributed by atoms with van der Waals surface area (Å²) in [6.45, 7) is 0. The normalized spacial score (nSPS) is 10.0. The van der Waals surface area contributed by atoms with Crippen molar-refractivity contribution in [3.63, 3.8) is 0 Å². The Labute approximate surface area is 120 Å². The maximum atomic E-state index is 10.6. The van der Waals surface area contributed by atoms with E-state index in [1.54, 1.807) is 53.3 Å². The van der Waals surface area contributed by atoms with E-state index < -0.39 is 0 Å². The lowest BCUT2D eigenvalue weighted by atomic mass is 10.2. The Hall–Kier alpha value is -3.33. The fourth-order valence-corrected chi connectivity index (χ4v) is 1.95. The highest BCUT2D eigenvalue weighted by Crippen LogP contribution is 2.28. The number of hydrogen-bond acceptors (Lipinski definition) is 4. The van der Waals surface area contributed by atoms with Crippen LogP contribution in [0.5, 0.6) is 11.5 Å². The molecule has 2 heterocycles. The average molecular weight is 278 g/mol. The lowest BCUT2D eigenvalue weighted by Crippen LogP contribution is -1.98. The zero-order chi connectivity index (χ0) is 14.7. The number of carbonyl (C=O) groups excluding carboxylic acids is 1. The van der Waals surface area contributed by atoms with Crippen LogP contribution in [-0.2, 0) is 4.79 Å². The summed E-state index contributed by atoms with van der Waals surface area (Å²) in [6.07, 6.45) is 5.74. The lowest BCUT2D eigenvalue weighted by Gasteiger charge is -2.09. The van der Waals surface area contributed by atoms with Gasteiger partial charge in [0.15, 0.2) is 11.4 Å². The first kappa shape index (κ1) is 12.7. The summed E-state index contributed by atoms with van der Waals surface area (Å²) < 4.78 is 7.54. The quantitative estimate of drug-likeness (QED) is 0.744. The minimum absolute atomic E-state index is 0.511. The molecule has 3 rings (SSSR count). The molecule has 0 spiro atoms. The van der Waals surface area contributed by atoms with Crippen molar-refractivity contribution < 1.29 is 9.53 Å². The predicted molar refractivity (Wildman–Crippen MR) is 76.1 cm³/mol. The average Bonchev–Trinajstić information content (AvgIpc) is 2.97. The summed E-state index contributed by atoms with van der Waals surface area (Å²) in [4.78, 5) is 14.8. The van der Waals surface area contributed by atoms with Crippen molar-refractivity contribution >= 4 is 17.7 Å². The van der Waals surface area contributed by atoms with Crippen LogP contribution in [0.25, 0.3) is 5.65 Å². The van der Waals surface area contributed by atoms with Gasteiger partial charge in [0.25, 0.3) is 0 Å². The van der Waals surface area contributed by atoms with E-state index in [1.165, 1.54) is 0 Å². The number of pyridine rings is 1. The van der Waals surface area contributed by atoms with E-state index in [1.807, 2.05) is 6.07 Å². The van der Waals surface area contributed by atoms with Crippen LogP contribution in [0, 0.1) is 11.3 Å². The number of rotatable bonds is 4. The molecule has 0 saturated heterocycles. The highest BCUT2D eigenvalue weighted by molar-refractivity contribution is 5.74. The number of carbonyl (C=O) groups is 1. The van der Waals surface area contributed by atoms with Gasteiger partial charge in [0, 0.05) is 24.7 Å². The fourth-order valence-electron chi connectivity index (χ4n) is 1.95. The van der Waals surface area contributed by atoms with Crippen molar-refractivity contribution in [1.82, 2.24) is 9.38 Å². The summed E-state index contributed by atoms with van der Waals surface area (Å²) >= 11 is 0. The Balaban J connectivity index is 1.99. The summed E-state index contributed by atoms with van der Waals surface area (Å²) in [5.74, 6) is 1.10. The second kappa shape index (κ2) is 5.35. The number of fused-ring (bicyclic) bond motifs is 1. The molecular weight excluding hydrogens is 268 g/mol. The van der Waals surface area contributed by atoms with E-state index in [0.717, 1.165) is 0 Å². The molecule has 3 aromatic rings. The van der Waals surface area contributed by atoms with Crippen LogP contribution < -0.4 is 10.1 Å². The Kier molecular flexibility index (Phi) is 3.23.